The van der Waals surface area contributed by atoms with Gasteiger partial charge in [-0.2, -0.15) is 0 Å². The second-order valence-corrected chi connectivity index (χ2v) is 2.57. The Morgan fingerprint density at radius 3 is 2.40 bits per heavy atom. The predicted molar refractivity (Wildman–Crippen MR) is 51.1 cm³/mol. The standard InChI is InChI=1S/C10H8O5/c11-9(12)8(10(13)14)5-1-3-7-4-2-6-15-7/h1-6H,(H,11,12)(H,13,14)/b3-1+. The van der Waals surface area contributed by atoms with Crippen molar-refractivity contribution in [2.24, 2.45) is 0 Å². The fraction of sp³-hybridized carbons (Fsp3) is 0. The molecule has 5 nitrogen and oxygen atoms in total. The molecule has 0 fully saturated rings. The second-order valence-electron chi connectivity index (χ2n) is 2.57. The maximum absolute atomic E-state index is 10.4. The Balaban J connectivity index is 2.78. The van der Waals surface area contributed by atoms with Crippen molar-refractivity contribution in [3.63, 3.8) is 0 Å². The number of hydrogen-bond acceptors (Lipinski definition) is 3. The Labute approximate surface area is 84.9 Å². The summed E-state index contributed by atoms with van der Waals surface area (Å²) in [6, 6.07) is 3.32. The first-order chi connectivity index (χ1) is 7.11. The molecular weight excluding hydrogens is 200 g/mol. The molecule has 0 saturated carbocycles. The minimum Gasteiger partial charge on any atom is -0.477 e. The van der Waals surface area contributed by atoms with E-state index in [0.29, 0.717) is 5.76 Å². The lowest BCUT2D eigenvalue weighted by molar-refractivity contribution is -0.140. The first-order valence-corrected chi connectivity index (χ1v) is 3.99. The van der Waals surface area contributed by atoms with Crippen molar-refractivity contribution < 1.29 is 24.2 Å². The molecule has 2 N–H and O–H groups in total. The van der Waals surface area contributed by atoms with Crippen molar-refractivity contribution in [1.29, 1.82) is 0 Å². The van der Waals surface area contributed by atoms with Crippen LogP contribution in [0.1, 0.15) is 5.76 Å². The molecule has 0 aliphatic rings. The van der Waals surface area contributed by atoms with Crippen LogP contribution in [0.15, 0.2) is 40.5 Å². The van der Waals surface area contributed by atoms with Gasteiger partial charge in [0.2, 0.25) is 0 Å². The number of hydrogen-bond donors (Lipinski definition) is 2. The number of carboxylic acids is 2. The van der Waals surface area contributed by atoms with Crippen molar-refractivity contribution in [1.82, 2.24) is 0 Å². The zero-order valence-corrected chi connectivity index (χ0v) is 7.58. The van der Waals surface area contributed by atoms with Crippen LogP contribution >= 0.6 is 0 Å². The summed E-state index contributed by atoms with van der Waals surface area (Å²) in [5, 5.41) is 17.0. The molecular formula is C10H8O5. The van der Waals surface area contributed by atoms with Crippen LogP contribution in [0.2, 0.25) is 0 Å². The van der Waals surface area contributed by atoms with Crippen molar-refractivity contribution in [2.45, 2.75) is 0 Å². The van der Waals surface area contributed by atoms with E-state index in [2.05, 4.69) is 0 Å². The Hall–Kier alpha value is -2.30. The summed E-state index contributed by atoms with van der Waals surface area (Å²) in [7, 11) is 0. The van der Waals surface area contributed by atoms with Crippen molar-refractivity contribution in [2.75, 3.05) is 0 Å². The van der Waals surface area contributed by atoms with Gasteiger partial charge in [0, 0.05) is 0 Å². The Bertz CT molecular complexity index is 395. The van der Waals surface area contributed by atoms with Gasteiger partial charge in [0.25, 0.3) is 0 Å². The third kappa shape index (κ3) is 3.15. The molecule has 1 heterocycles. The number of aliphatic carboxylic acids is 2. The fourth-order valence-corrected chi connectivity index (χ4v) is 0.859. The molecule has 0 unspecified atom stereocenters. The molecule has 0 saturated heterocycles. The van der Waals surface area contributed by atoms with Gasteiger partial charge in [0.1, 0.15) is 11.3 Å². The van der Waals surface area contributed by atoms with E-state index in [1.54, 1.807) is 12.1 Å². The molecule has 78 valence electrons. The van der Waals surface area contributed by atoms with E-state index >= 15 is 0 Å². The molecule has 0 amide bonds. The van der Waals surface area contributed by atoms with E-state index < -0.39 is 17.5 Å². The average Bonchev–Trinajstić information content (AvgIpc) is 2.63. The molecule has 0 aliphatic carbocycles. The molecule has 1 aromatic rings. The van der Waals surface area contributed by atoms with Crippen molar-refractivity contribution >= 4 is 18.0 Å². The SMILES string of the molecule is O=C(O)C(=C/C=C/c1ccco1)C(=O)O. The quantitative estimate of drug-likeness (QED) is 0.338. The van der Waals surface area contributed by atoms with Crippen LogP contribution in [-0.4, -0.2) is 22.2 Å². The molecule has 0 aliphatic heterocycles. The monoisotopic (exact) mass is 208 g/mol. The van der Waals surface area contributed by atoms with E-state index in [0.717, 1.165) is 6.08 Å². The number of rotatable bonds is 4. The van der Waals surface area contributed by atoms with Gasteiger partial charge < -0.3 is 14.6 Å². The summed E-state index contributed by atoms with van der Waals surface area (Å²) < 4.78 is 4.93. The highest BCUT2D eigenvalue weighted by Crippen LogP contribution is 2.03. The normalized spacial score (nSPS) is 10.1. The van der Waals surface area contributed by atoms with Gasteiger partial charge in [-0.3, -0.25) is 0 Å². The smallest absolute Gasteiger partial charge is 0.343 e. The summed E-state index contributed by atoms with van der Waals surface area (Å²) in [5.41, 5.74) is -0.696. The van der Waals surface area contributed by atoms with Gasteiger partial charge in [-0.15, -0.1) is 0 Å². The average molecular weight is 208 g/mol. The Morgan fingerprint density at radius 1 is 1.27 bits per heavy atom. The number of furan rings is 1. The second kappa shape index (κ2) is 4.80. The molecule has 0 aromatic carbocycles. The van der Waals surface area contributed by atoms with Crippen LogP contribution in [0.25, 0.3) is 6.08 Å². The topological polar surface area (TPSA) is 87.7 Å². The zero-order chi connectivity index (χ0) is 11.3. The van der Waals surface area contributed by atoms with Crippen LogP contribution in [0.3, 0.4) is 0 Å². The summed E-state index contributed by atoms with van der Waals surface area (Å²) in [4.78, 5) is 20.9. The highest BCUT2D eigenvalue weighted by Gasteiger charge is 2.13. The fourth-order valence-electron chi connectivity index (χ4n) is 0.859. The summed E-state index contributed by atoms with van der Waals surface area (Å²) in [6.07, 6.45) is 5.22. The Morgan fingerprint density at radius 2 is 1.93 bits per heavy atom. The lowest BCUT2D eigenvalue weighted by Crippen LogP contribution is -2.10. The number of allylic oxidation sites excluding steroid dienone is 2. The van der Waals surface area contributed by atoms with E-state index in [9.17, 15) is 9.59 Å². The first-order valence-electron chi connectivity index (χ1n) is 3.99. The van der Waals surface area contributed by atoms with E-state index in [4.69, 9.17) is 14.6 Å². The number of carboxylic acid groups (broad SMARTS) is 2. The van der Waals surface area contributed by atoms with E-state index in [1.165, 1.54) is 18.4 Å². The van der Waals surface area contributed by atoms with Gasteiger partial charge in [0.05, 0.1) is 6.26 Å². The van der Waals surface area contributed by atoms with Crippen LogP contribution in [0.5, 0.6) is 0 Å². The van der Waals surface area contributed by atoms with Crippen LogP contribution in [0, 0.1) is 0 Å². The van der Waals surface area contributed by atoms with Crippen LogP contribution in [-0.2, 0) is 9.59 Å². The van der Waals surface area contributed by atoms with Crippen LogP contribution in [0.4, 0.5) is 0 Å². The number of carbonyl (C=O) groups is 2. The van der Waals surface area contributed by atoms with Gasteiger partial charge >= 0.3 is 11.9 Å². The minimum absolute atomic E-state index is 0.515. The van der Waals surface area contributed by atoms with E-state index in [1.807, 2.05) is 0 Å². The predicted octanol–water partition coefficient (Wildman–Crippen LogP) is 1.39. The van der Waals surface area contributed by atoms with Gasteiger partial charge in [-0.1, -0.05) is 6.08 Å². The molecule has 5 heteroatoms. The minimum atomic E-state index is -1.48. The van der Waals surface area contributed by atoms with Gasteiger partial charge in [-0.25, -0.2) is 9.59 Å². The highest BCUT2D eigenvalue weighted by atomic mass is 16.4. The summed E-state index contributed by atoms with van der Waals surface area (Å²) >= 11 is 0. The molecule has 1 rings (SSSR count). The van der Waals surface area contributed by atoms with Crippen LogP contribution < -0.4 is 0 Å². The van der Waals surface area contributed by atoms with E-state index in [-0.39, 0.29) is 0 Å². The lowest BCUT2D eigenvalue weighted by atomic mass is 10.2. The van der Waals surface area contributed by atoms with Gasteiger partial charge in [0.15, 0.2) is 0 Å². The van der Waals surface area contributed by atoms with Gasteiger partial charge in [-0.05, 0) is 24.3 Å². The summed E-state index contributed by atoms with van der Waals surface area (Å²) in [5.74, 6) is -2.44. The van der Waals surface area contributed by atoms with Crippen molar-refractivity contribution in [3.05, 3.63) is 41.9 Å². The largest absolute Gasteiger partial charge is 0.477 e. The molecule has 1 aromatic heterocycles. The molecule has 0 radical (unpaired) electrons. The zero-order valence-electron chi connectivity index (χ0n) is 7.58. The molecule has 15 heavy (non-hydrogen) atoms. The van der Waals surface area contributed by atoms with Crippen molar-refractivity contribution in [3.8, 4) is 0 Å². The molecule has 0 spiro atoms. The maximum atomic E-state index is 10.4. The first kappa shape index (κ1) is 10.8. The Kier molecular flexibility index (Phi) is 3.45. The maximum Gasteiger partial charge on any atom is 0.343 e. The lowest BCUT2D eigenvalue weighted by Gasteiger charge is -1.91. The highest BCUT2D eigenvalue weighted by molar-refractivity contribution is 6.12. The summed E-state index contributed by atoms with van der Waals surface area (Å²) in [6.45, 7) is 0. The third-order valence-corrected chi connectivity index (χ3v) is 1.53. The molecule has 0 atom stereocenters. The molecule has 0 bridgehead atoms. The third-order valence-electron chi connectivity index (χ3n) is 1.53.